The Bertz CT molecular complexity index is 1220. The van der Waals surface area contributed by atoms with Crippen LogP contribution in [0, 0.1) is 5.82 Å². The number of halogens is 1. The predicted octanol–water partition coefficient (Wildman–Crippen LogP) is 4.06. The molecule has 2 heterocycles. The summed E-state index contributed by atoms with van der Waals surface area (Å²) in [6, 6.07) is 12.7. The fraction of sp³-hybridized carbons (Fsp3) is 0.318. The summed E-state index contributed by atoms with van der Waals surface area (Å²) in [6.45, 7) is 2.71. The van der Waals surface area contributed by atoms with Gasteiger partial charge in [-0.3, -0.25) is 4.79 Å². The molecule has 0 radical (unpaired) electrons. The summed E-state index contributed by atoms with van der Waals surface area (Å²) in [5.74, 6) is -0.851. The van der Waals surface area contributed by atoms with Crippen molar-refractivity contribution in [3.05, 3.63) is 69.9 Å². The average Bonchev–Trinajstić information content (AvgIpc) is 3.30. The van der Waals surface area contributed by atoms with E-state index in [0.29, 0.717) is 47.9 Å². The van der Waals surface area contributed by atoms with Crippen LogP contribution in [0.15, 0.2) is 53.4 Å². The molecule has 0 saturated carbocycles. The van der Waals surface area contributed by atoms with Gasteiger partial charge in [0.15, 0.2) is 0 Å². The molecule has 1 aromatic heterocycles. The van der Waals surface area contributed by atoms with Crippen molar-refractivity contribution in [3.8, 4) is 0 Å². The number of anilines is 1. The number of nitrogens with zero attached hydrogens (tertiary/aromatic N) is 3. The van der Waals surface area contributed by atoms with Crippen molar-refractivity contribution in [2.24, 2.45) is 0 Å². The zero-order chi connectivity index (χ0) is 22.7. The first-order valence-corrected chi connectivity index (χ1v) is 12.6. The van der Waals surface area contributed by atoms with Crippen LogP contribution in [0.3, 0.4) is 0 Å². The highest BCUT2D eigenvalue weighted by Gasteiger charge is 2.32. The molecule has 1 N–H and O–H groups in total. The van der Waals surface area contributed by atoms with Crippen LogP contribution >= 0.6 is 11.3 Å². The molecule has 168 valence electrons. The molecule has 0 atom stereocenters. The Morgan fingerprint density at radius 3 is 2.62 bits per heavy atom. The number of aryl methyl sites for hydroxylation is 1. The Morgan fingerprint density at radius 2 is 1.91 bits per heavy atom. The summed E-state index contributed by atoms with van der Waals surface area (Å²) in [5.41, 5.74) is 1.16. The molecule has 1 fully saturated rings. The minimum absolute atomic E-state index is 0.0380. The summed E-state index contributed by atoms with van der Waals surface area (Å²) in [6.07, 6.45) is 1.86. The number of hydrogen-bond acceptors (Lipinski definition) is 6. The molecule has 10 heteroatoms. The lowest BCUT2D eigenvalue weighted by molar-refractivity contribution is 0.102. The highest BCUT2D eigenvalue weighted by molar-refractivity contribution is 7.89. The Hall–Kier alpha value is -2.69. The van der Waals surface area contributed by atoms with E-state index in [0.717, 1.165) is 5.56 Å². The molecule has 3 aromatic rings. The molecule has 0 aliphatic carbocycles. The average molecular weight is 475 g/mol. The molecule has 0 bridgehead atoms. The van der Waals surface area contributed by atoms with Gasteiger partial charge < -0.3 is 5.32 Å². The number of carbonyl (C=O) groups excluding carboxylic acids is 1. The lowest BCUT2D eigenvalue weighted by Crippen LogP contribution is -2.38. The summed E-state index contributed by atoms with van der Waals surface area (Å²) in [4.78, 5) is 12.8. The third kappa shape index (κ3) is 4.72. The SMILES string of the molecule is CCc1ccccc1S(=O)(=O)N1CCC(c2nnc(C(=O)Nc3cccc(F)c3)s2)CC1. The molecule has 1 saturated heterocycles. The van der Waals surface area contributed by atoms with Crippen molar-refractivity contribution in [1.82, 2.24) is 14.5 Å². The van der Waals surface area contributed by atoms with Crippen LogP contribution in [0.4, 0.5) is 10.1 Å². The lowest BCUT2D eigenvalue weighted by atomic mass is 9.99. The second-order valence-corrected chi connectivity index (χ2v) is 10.5. The molecular formula is C22H23FN4O3S2. The number of nitrogens with one attached hydrogen (secondary N) is 1. The van der Waals surface area contributed by atoms with Crippen molar-refractivity contribution in [3.63, 3.8) is 0 Å². The largest absolute Gasteiger partial charge is 0.320 e. The summed E-state index contributed by atoms with van der Waals surface area (Å²) < 4.78 is 41.1. The van der Waals surface area contributed by atoms with Crippen molar-refractivity contribution in [2.75, 3.05) is 18.4 Å². The van der Waals surface area contributed by atoms with Gasteiger partial charge in [-0.25, -0.2) is 12.8 Å². The lowest BCUT2D eigenvalue weighted by Gasteiger charge is -2.30. The van der Waals surface area contributed by atoms with E-state index >= 15 is 0 Å². The first kappa shape index (κ1) is 22.5. The Kier molecular flexibility index (Phi) is 6.63. The standard InChI is InChI=1S/C22H23FN4O3S2/c1-2-15-6-3-4-9-19(15)32(29,30)27-12-10-16(11-13-27)21-25-26-22(31-21)20(28)24-18-8-5-7-17(23)14-18/h3-9,14,16H,2,10-13H2,1H3,(H,24,28). The zero-order valence-corrected chi connectivity index (χ0v) is 19.1. The van der Waals surface area contributed by atoms with Crippen LogP contribution in [0.2, 0.25) is 0 Å². The van der Waals surface area contributed by atoms with Crippen LogP contribution in [-0.2, 0) is 16.4 Å². The second-order valence-electron chi connectivity index (χ2n) is 7.55. The number of aromatic nitrogens is 2. The van der Waals surface area contributed by atoms with Gasteiger partial charge in [-0.15, -0.1) is 10.2 Å². The molecule has 1 amide bonds. The van der Waals surface area contributed by atoms with Crippen molar-refractivity contribution < 1.29 is 17.6 Å². The molecular weight excluding hydrogens is 451 g/mol. The monoisotopic (exact) mass is 474 g/mol. The highest BCUT2D eigenvalue weighted by Crippen LogP contribution is 2.33. The van der Waals surface area contributed by atoms with Gasteiger partial charge in [0.1, 0.15) is 10.8 Å². The number of hydrogen-bond donors (Lipinski definition) is 1. The molecule has 32 heavy (non-hydrogen) atoms. The van der Waals surface area contributed by atoms with Crippen molar-refractivity contribution in [1.29, 1.82) is 0 Å². The smallest absolute Gasteiger partial charge is 0.286 e. The molecule has 7 nitrogen and oxygen atoms in total. The maximum Gasteiger partial charge on any atom is 0.286 e. The molecule has 0 unspecified atom stereocenters. The van der Waals surface area contributed by atoms with E-state index in [2.05, 4.69) is 15.5 Å². The van der Waals surface area contributed by atoms with Gasteiger partial charge in [0.05, 0.1) is 4.90 Å². The zero-order valence-electron chi connectivity index (χ0n) is 17.5. The van der Waals surface area contributed by atoms with Gasteiger partial charge in [-0.05, 0) is 49.1 Å². The third-order valence-corrected chi connectivity index (χ3v) is 8.58. The van der Waals surface area contributed by atoms with E-state index in [4.69, 9.17) is 0 Å². The second kappa shape index (κ2) is 9.43. The van der Waals surface area contributed by atoms with Gasteiger partial charge >= 0.3 is 0 Å². The molecule has 1 aliphatic rings. The molecule has 4 rings (SSSR count). The van der Waals surface area contributed by atoms with Crippen LogP contribution in [-0.4, -0.2) is 41.9 Å². The highest BCUT2D eigenvalue weighted by atomic mass is 32.2. The quantitative estimate of drug-likeness (QED) is 0.582. The van der Waals surface area contributed by atoms with E-state index in [9.17, 15) is 17.6 Å². The summed E-state index contributed by atoms with van der Waals surface area (Å²) >= 11 is 1.19. The Balaban J connectivity index is 1.41. The predicted molar refractivity (Wildman–Crippen MR) is 121 cm³/mol. The molecule has 1 aliphatic heterocycles. The van der Waals surface area contributed by atoms with E-state index in [1.165, 1.54) is 33.8 Å². The fourth-order valence-corrected chi connectivity index (χ4v) is 6.44. The van der Waals surface area contributed by atoms with Crippen LogP contribution in [0.25, 0.3) is 0 Å². The van der Waals surface area contributed by atoms with Gasteiger partial charge in [-0.1, -0.05) is 42.5 Å². The Morgan fingerprint density at radius 1 is 1.16 bits per heavy atom. The number of sulfonamides is 1. The van der Waals surface area contributed by atoms with Gasteiger partial charge in [0.25, 0.3) is 5.91 Å². The number of amides is 1. The minimum atomic E-state index is -3.55. The topological polar surface area (TPSA) is 92.3 Å². The van der Waals surface area contributed by atoms with Crippen molar-refractivity contribution >= 4 is 33.0 Å². The number of rotatable bonds is 6. The van der Waals surface area contributed by atoms with E-state index < -0.39 is 21.7 Å². The minimum Gasteiger partial charge on any atom is -0.320 e. The van der Waals surface area contributed by atoms with Crippen LogP contribution < -0.4 is 5.32 Å². The summed E-state index contributed by atoms with van der Waals surface area (Å²) in [7, 11) is -3.55. The van der Waals surface area contributed by atoms with Gasteiger partial charge in [-0.2, -0.15) is 4.31 Å². The summed E-state index contributed by atoms with van der Waals surface area (Å²) in [5, 5.41) is 11.6. The molecule has 2 aromatic carbocycles. The fourth-order valence-electron chi connectivity index (χ4n) is 3.77. The normalized spacial score (nSPS) is 15.6. The number of carbonyl (C=O) groups is 1. The maximum absolute atomic E-state index is 13.3. The number of benzene rings is 2. The van der Waals surface area contributed by atoms with Gasteiger partial charge in [0.2, 0.25) is 15.0 Å². The maximum atomic E-state index is 13.3. The third-order valence-electron chi connectivity index (χ3n) is 5.49. The Labute approximate surface area is 190 Å². The van der Waals surface area contributed by atoms with Gasteiger partial charge in [0, 0.05) is 24.7 Å². The van der Waals surface area contributed by atoms with Crippen molar-refractivity contribution in [2.45, 2.75) is 37.0 Å². The van der Waals surface area contributed by atoms with E-state index in [1.807, 2.05) is 19.1 Å². The van der Waals surface area contributed by atoms with E-state index in [1.54, 1.807) is 18.2 Å². The number of piperidine rings is 1. The first-order valence-electron chi connectivity index (χ1n) is 10.4. The van der Waals surface area contributed by atoms with E-state index in [-0.39, 0.29) is 10.9 Å². The first-order chi connectivity index (χ1) is 15.4. The van der Waals surface area contributed by atoms with Crippen LogP contribution in [0.5, 0.6) is 0 Å². The van der Waals surface area contributed by atoms with Crippen LogP contribution in [0.1, 0.15) is 46.1 Å². The molecule has 0 spiro atoms.